The summed E-state index contributed by atoms with van der Waals surface area (Å²) in [5.41, 5.74) is -1.62. The van der Waals surface area contributed by atoms with Crippen molar-refractivity contribution in [1.82, 2.24) is 0 Å². The first-order chi connectivity index (χ1) is 12.6. The minimum absolute atomic E-state index is 0.190. The van der Waals surface area contributed by atoms with E-state index >= 15 is 0 Å². The van der Waals surface area contributed by atoms with Crippen LogP contribution in [0.15, 0.2) is 42.5 Å². The van der Waals surface area contributed by atoms with E-state index in [1.807, 2.05) is 0 Å². The maximum atomic E-state index is 10.6. The van der Waals surface area contributed by atoms with Crippen molar-refractivity contribution in [2.75, 3.05) is 0 Å². The molecular formula is C17H12O10. The lowest BCUT2D eigenvalue weighted by Crippen LogP contribution is -2.10. The lowest BCUT2D eigenvalue weighted by molar-refractivity contribution is 0.0649. The van der Waals surface area contributed by atoms with Gasteiger partial charge in [0.2, 0.25) is 0 Å². The van der Waals surface area contributed by atoms with Crippen LogP contribution in [0.1, 0.15) is 51.8 Å². The molecular weight excluding hydrogens is 364 g/mol. The monoisotopic (exact) mass is 376 g/mol. The summed E-state index contributed by atoms with van der Waals surface area (Å²) in [5, 5.41) is 43.0. The number of carbonyl (C=O) groups is 5. The zero-order valence-corrected chi connectivity index (χ0v) is 13.3. The van der Waals surface area contributed by atoms with Gasteiger partial charge in [-0.25, -0.2) is 24.0 Å². The van der Waals surface area contributed by atoms with E-state index < -0.39 is 41.0 Å². The Morgan fingerprint density at radius 3 is 1.19 bits per heavy atom. The van der Waals surface area contributed by atoms with Gasteiger partial charge in [0.25, 0.3) is 0 Å². The van der Waals surface area contributed by atoms with Crippen molar-refractivity contribution in [2.24, 2.45) is 0 Å². The summed E-state index contributed by atoms with van der Waals surface area (Å²) in [6.07, 6.45) is 0. The number of hydrogen-bond acceptors (Lipinski definition) is 5. The molecule has 0 aliphatic rings. The highest BCUT2D eigenvalue weighted by molar-refractivity contribution is 6.03. The lowest BCUT2D eigenvalue weighted by atomic mass is 10.0. The molecule has 0 spiro atoms. The molecule has 5 N–H and O–H groups in total. The fraction of sp³-hybridized carbons (Fsp3) is 0. The highest BCUT2D eigenvalue weighted by Crippen LogP contribution is 2.12. The smallest absolute Gasteiger partial charge is 0.336 e. The average molecular weight is 376 g/mol. The normalized spacial score (nSPS) is 9.48. The van der Waals surface area contributed by atoms with Crippen LogP contribution in [0.5, 0.6) is 0 Å². The Hall–Kier alpha value is -4.21. The summed E-state index contributed by atoms with van der Waals surface area (Å²) < 4.78 is 0. The van der Waals surface area contributed by atoms with Gasteiger partial charge < -0.3 is 25.5 Å². The van der Waals surface area contributed by atoms with Crippen molar-refractivity contribution >= 4 is 29.8 Å². The largest absolute Gasteiger partial charge is 0.478 e. The predicted molar refractivity (Wildman–Crippen MR) is 87.7 cm³/mol. The van der Waals surface area contributed by atoms with Crippen molar-refractivity contribution in [2.45, 2.75) is 0 Å². The number of benzene rings is 2. The van der Waals surface area contributed by atoms with Gasteiger partial charge in [0.1, 0.15) is 0 Å². The average Bonchev–Trinajstić information content (AvgIpc) is 2.61. The summed E-state index contributed by atoms with van der Waals surface area (Å²) in [6.45, 7) is 0. The van der Waals surface area contributed by atoms with Crippen LogP contribution in [0.4, 0.5) is 0 Å². The number of hydrogen-bond donors (Lipinski definition) is 5. The zero-order valence-electron chi connectivity index (χ0n) is 13.3. The van der Waals surface area contributed by atoms with E-state index in [9.17, 15) is 24.0 Å². The van der Waals surface area contributed by atoms with Crippen molar-refractivity contribution in [3.63, 3.8) is 0 Å². The fourth-order valence-corrected chi connectivity index (χ4v) is 1.90. The molecule has 0 aromatic heterocycles. The van der Waals surface area contributed by atoms with Gasteiger partial charge in [-0.3, -0.25) is 0 Å². The third-order valence-corrected chi connectivity index (χ3v) is 3.12. The van der Waals surface area contributed by atoms with E-state index in [4.69, 9.17) is 25.5 Å². The van der Waals surface area contributed by atoms with Gasteiger partial charge in [0.05, 0.1) is 27.8 Å². The summed E-state index contributed by atoms with van der Waals surface area (Å²) >= 11 is 0. The minimum atomic E-state index is -1.48. The SMILES string of the molecule is O=C(O)c1ccc(C(=O)O)c(C(=O)O)c1.O=C(O)c1ccccc1C(=O)O. The summed E-state index contributed by atoms with van der Waals surface area (Å²) in [7, 11) is 0. The molecule has 0 saturated heterocycles. The van der Waals surface area contributed by atoms with E-state index in [-0.39, 0.29) is 16.7 Å². The van der Waals surface area contributed by atoms with E-state index in [1.165, 1.54) is 24.3 Å². The van der Waals surface area contributed by atoms with Gasteiger partial charge >= 0.3 is 29.8 Å². The van der Waals surface area contributed by atoms with Crippen LogP contribution in [0.2, 0.25) is 0 Å². The molecule has 0 radical (unpaired) electrons. The van der Waals surface area contributed by atoms with Crippen molar-refractivity contribution in [1.29, 1.82) is 0 Å². The van der Waals surface area contributed by atoms with Crippen LogP contribution < -0.4 is 0 Å². The highest BCUT2D eigenvalue weighted by atomic mass is 16.4. The summed E-state index contributed by atoms with van der Waals surface area (Å²) in [5.74, 6) is -6.66. The standard InChI is InChI=1S/C9H6O6.C8H6O4/c10-7(11)4-1-2-5(8(12)13)6(3-4)9(14)15;9-7(10)5-3-1-2-4-6(5)8(11)12/h1-3H,(H,10,11)(H,12,13)(H,14,15);1-4H,(H,9,10)(H,11,12). The Labute approximate surface area is 150 Å². The van der Waals surface area contributed by atoms with Crippen molar-refractivity contribution < 1.29 is 49.5 Å². The summed E-state index contributed by atoms with van der Waals surface area (Å²) in [4.78, 5) is 52.7. The Morgan fingerprint density at radius 2 is 0.852 bits per heavy atom. The first kappa shape index (κ1) is 20.8. The van der Waals surface area contributed by atoms with Crippen LogP contribution in [-0.2, 0) is 0 Å². The van der Waals surface area contributed by atoms with Crippen LogP contribution in [0, 0.1) is 0 Å². The molecule has 0 saturated carbocycles. The zero-order chi connectivity index (χ0) is 20.7. The predicted octanol–water partition coefficient (Wildman–Crippen LogP) is 1.86. The fourth-order valence-electron chi connectivity index (χ4n) is 1.90. The Bertz CT molecular complexity index is 896. The molecule has 2 rings (SSSR count). The number of carboxylic acid groups (broad SMARTS) is 5. The van der Waals surface area contributed by atoms with Crippen LogP contribution in [0.3, 0.4) is 0 Å². The molecule has 0 atom stereocenters. The Morgan fingerprint density at radius 1 is 0.481 bits per heavy atom. The molecule has 140 valence electrons. The van der Waals surface area contributed by atoms with Gasteiger partial charge in [-0.1, -0.05) is 12.1 Å². The second kappa shape index (κ2) is 8.76. The second-order valence-electron chi connectivity index (χ2n) is 4.83. The molecule has 0 unspecified atom stereocenters. The maximum absolute atomic E-state index is 10.6. The van der Waals surface area contributed by atoms with Gasteiger partial charge in [0, 0.05) is 0 Å². The maximum Gasteiger partial charge on any atom is 0.336 e. The topological polar surface area (TPSA) is 186 Å². The number of aromatic carboxylic acids is 5. The van der Waals surface area contributed by atoms with E-state index in [0.29, 0.717) is 0 Å². The second-order valence-corrected chi connectivity index (χ2v) is 4.83. The molecule has 10 heteroatoms. The molecule has 0 fully saturated rings. The minimum Gasteiger partial charge on any atom is -0.478 e. The molecule has 10 nitrogen and oxygen atoms in total. The van der Waals surface area contributed by atoms with Crippen LogP contribution >= 0.6 is 0 Å². The third-order valence-electron chi connectivity index (χ3n) is 3.12. The lowest BCUT2D eigenvalue weighted by Gasteiger charge is -2.02. The Balaban J connectivity index is 0.000000277. The van der Waals surface area contributed by atoms with Crippen LogP contribution in [-0.4, -0.2) is 55.4 Å². The molecule has 0 bridgehead atoms. The van der Waals surface area contributed by atoms with Crippen molar-refractivity contribution in [3.8, 4) is 0 Å². The first-order valence-corrected chi connectivity index (χ1v) is 6.95. The molecule has 2 aromatic rings. The molecule has 27 heavy (non-hydrogen) atoms. The van der Waals surface area contributed by atoms with E-state index in [0.717, 1.165) is 18.2 Å². The first-order valence-electron chi connectivity index (χ1n) is 6.95. The highest BCUT2D eigenvalue weighted by Gasteiger charge is 2.18. The summed E-state index contributed by atoms with van der Waals surface area (Å²) in [6, 6.07) is 8.28. The molecule has 0 amide bonds. The van der Waals surface area contributed by atoms with Gasteiger partial charge in [-0.15, -0.1) is 0 Å². The molecule has 0 aliphatic carbocycles. The molecule has 0 aliphatic heterocycles. The van der Waals surface area contributed by atoms with E-state index in [1.54, 1.807) is 0 Å². The molecule has 2 aromatic carbocycles. The Kier molecular flexibility index (Phi) is 6.76. The van der Waals surface area contributed by atoms with Crippen LogP contribution in [0.25, 0.3) is 0 Å². The van der Waals surface area contributed by atoms with Gasteiger partial charge in [-0.2, -0.15) is 0 Å². The van der Waals surface area contributed by atoms with Crippen molar-refractivity contribution in [3.05, 3.63) is 70.3 Å². The van der Waals surface area contributed by atoms with E-state index in [2.05, 4.69) is 0 Å². The number of rotatable bonds is 5. The quantitative estimate of drug-likeness (QED) is 0.515. The van der Waals surface area contributed by atoms with Gasteiger partial charge in [-0.05, 0) is 30.3 Å². The van der Waals surface area contributed by atoms with Gasteiger partial charge in [0.15, 0.2) is 0 Å². The number of carboxylic acids is 5. The third kappa shape index (κ3) is 5.39. The molecule has 0 heterocycles.